The summed E-state index contributed by atoms with van der Waals surface area (Å²) in [4.78, 5) is 20.5. The Kier molecular flexibility index (Phi) is 6.01. The Balaban J connectivity index is 1.36. The highest BCUT2D eigenvalue weighted by atomic mass is 19.3. The van der Waals surface area contributed by atoms with Crippen LogP contribution in [0.1, 0.15) is 25.2 Å². The lowest BCUT2D eigenvalue weighted by Gasteiger charge is -2.36. The highest BCUT2D eigenvalue weighted by molar-refractivity contribution is 5.76. The molecule has 0 bridgehead atoms. The molecule has 0 spiro atoms. The van der Waals surface area contributed by atoms with E-state index in [9.17, 15) is 18.0 Å². The lowest BCUT2D eigenvalue weighted by Crippen LogP contribution is -2.52. The Morgan fingerprint density at radius 3 is 2.45 bits per heavy atom. The van der Waals surface area contributed by atoms with Gasteiger partial charge in [-0.2, -0.15) is 8.78 Å². The summed E-state index contributed by atoms with van der Waals surface area (Å²) in [5, 5.41) is 2.82. The van der Waals surface area contributed by atoms with Gasteiger partial charge in [0, 0.05) is 38.6 Å². The van der Waals surface area contributed by atoms with Crippen LogP contribution in [-0.4, -0.2) is 53.2 Å². The van der Waals surface area contributed by atoms with Crippen molar-refractivity contribution in [2.75, 3.05) is 37.6 Å². The maximum Gasteiger partial charge on any atom is 0.320 e. The first-order valence-electron chi connectivity index (χ1n) is 10.2. The van der Waals surface area contributed by atoms with E-state index >= 15 is 0 Å². The Hall–Kier alpha value is -3.23. The number of fused-ring (bicyclic) bond motifs is 1. The van der Waals surface area contributed by atoms with E-state index in [1.54, 1.807) is 54.3 Å². The van der Waals surface area contributed by atoms with Gasteiger partial charge >= 0.3 is 12.6 Å². The molecule has 9 heteroatoms. The molecule has 1 unspecified atom stereocenters. The number of carbonyl (C=O) groups excluding carboxylic acids is 1. The Morgan fingerprint density at radius 1 is 1.06 bits per heavy atom. The predicted octanol–water partition coefficient (Wildman–Crippen LogP) is 4.21. The minimum Gasteiger partial charge on any atom is -0.366 e. The van der Waals surface area contributed by atoms with Crippen molar-refractivity contribution in [3.8, 4) is 0 Å². The third-order valence-electron chi connectivity index (χ3n) is 5.58. The fraction of sp³-hybridized carbons (Fsp3) is 0.364. The number of halogens is 3. The zero-order valence-electron chi connectivity index (χ0n) is 17.1. The first-order valence-corrected chi connectivity index (χ1v) is 10.2. The van der Waals surface area contributed by atoms with Crippen molar-refractivity contribution >= 4 is 22.8 Å². The Labute approximate surface area is 178 Å². The maximum atomic E-state index is 14.0. The van der Waals surface area contributed by atoms with Gasteiger partial charge in [-0.25, -0.2) is 14.2 Å². The lowest BCUT2D eigenvalue weighted by molar-refractivity contribution is 0.0704. The summed E-state index contributed by atoms with van der Waals surface area (Å²) < 4.78 is 42.2. The van der Waals surface area contributed by atoms with Crippen LogP contribution in [-0.2, 0) is 0 Å². The number of imidazole rings is 1. The molecule has 3 aromatic rings. The van der Waals surface area contributed by atoms with Crippen LogP contribution in [0.25, 0.3) is 11.0 Å². The summed E-state index contributed by atoms with van der Waals surface area (Å²) >= 11 is 0. The van der Waals surface area contributed by atoms with Crippen molar-refractivity contribution in [2.24, 2.45) is 0 Å². The highest BCUT2D eigenvalue weighted by Gasteiger charge is 2.25. The van der Waals surface area contributed by atoms with Crippen LogP contribution < -0.4 is 10.2 Å². The quantitative estimate of drug-likeness (QED) is 0.659. The van der Waals surface area contributed by atoms with Crippen LogP contribution in [0.3, 0.4) is 0 Å². The van der Waals surface area contributed by atoms with E-state index in [0.29, 0.717) is 42.9 Å². The van der Waals surface area contributed by atoms with Gasteiger partial charge in [0.05, 0.1) is 16.7 Å². The molecule has 0 radical (unpaired) electrons. The molecule has 1 N–H and O–H groups in total. The standard InChI is InChI=1S/C22H24F3N5O/c1-15(20-27-17-7-3-5-9-19(17)30(20)21(24)25)14-26-22(31)29-12-10-28(11-13-29)18-8-4-2-6-16(18)23/h2-9,15,21H,10-14H2,1H3,(H,26,31). The fourth-order valence-electron chi connectivity index (χ4n) is 3.92. The van der Waals surface area contributed by atoms with Crippen LogP contribution in [0.2, 0.25) is 0 Å². The predicted molar refractivity (Wildman–Crippen MR) is 113 cm³/mol. The van der Waals surface area contributed by atoms with Crippen molar-refractivity contribution in [3.63, 3.8) is 0 Å². The Morgan fingerprint density at radius 2 is 1.74 bits per heavy atom. The minimum atomic E-state index is -2.72. The van der Waals surface area contributed by atoms with Crippen LogP contribution in [0.5, 0.6) is 0 Å². The Bertz CT molecular complexity index is 1060. The summed E-state index contributed by atoms with van der Waals surface area (Å²) in [7, 11) is 0. The molecule has 1 fully saturated rings. The number of nitrogens with one attached hydrogen (secondary N) is 1. The molecular weight excluding hydrogens is 407 g/mol. The molecule has 31 heavy (non-hydrogen) atoms. The van der Waals surface area contributed by atoms with Crippen molar-refractivity contribution < 1.29 is 18.0 Å². The zero-order valence-corrected chi connectivity index (χ0v) is 17.1. The lowest BCUT2D eigenvalue weighted by atomic mass is 10.1. The first-order chi connectivity index (χ1) is 15.0. The summed E-state index contributed by atoms with van der Waals surface area (Å²) in [6, 6.07) is 13.1. The second-order valence-corrected chi connectivity index (χ2v) is 7.62. The molecule has 1 saturated heterocycles. The normalized spacial score (nSPS) is 15.5. The number of hydrogen-bond donors (Lipinski definition) is 1. The summed E-state index contributed by atoms with van der Waals surface area (Å²) in [6.45, 7) is 1.16. The number of nitrogens with zero attached hydrogens (tertiary/aromatic N) is 4. The number of anilines is 1. The minimum absolute atomic E-state index is 0.183. The van der Waals surface area contributed by atoms with Gasteiger partial charge in [0.25, 0.3) is 0 Å². The molecule has 6 nitrogen and oxygen atoms in total. The van der Waals surface area contributed by atoms with E-state index in [1.807, 2.05) is 4.90 Å². The van der Waals surface area contributed by atoms with E-state index in [2.05, 4.69) is 10.3 Å². The molecule has 2 heterocycles. The topological polar surface area (TPSA) is 53.4 Å². The van der Waals surface area contributed by atoms with Gasteiger partial charge in [-0.15, -0.1) is 0 Å². The second-order valence-electron chi connectivity index (χ2n) is 7.62. The average molecular weight is 431 g/mol. The van der Waals surface area contributed by atoms with E-state index in [-0.39, 0.29) is 24.2 Å². The van der Waals surface area contributed by atoms with E-state index in [0.717, 1.165) is 4.57 Å². The first kappa shape index (κ1) is 21.0. The number of para-hydroxylation sites is 3. The summed E-state index contributed by atoms with van der Waals surface area (Å²) in [6.07, 6.45) is 0. The number of amides is 2. The second kappa shape index (κ2) is 8.87. The monoisotopic (exact) mass is 431 g/mol. The van der Waals surface area contributed by atoms with E-state index in [1.165, 1.54) is 6.07 Å². The van der Waals surface area contributed by atoms with Crippen molar-refractivity contribution in [1.29, 1.82) is 0 Å². The largest absolute Gasteiger partial charge is 0.366 e. The van der Waals surface area contributed by atoms with Crippen molar-refractivity contribution in [3.05, 3.63) is 60.2 Å². The molecule has 164 valence electrons. The number of urea groups is 1. The molecular formula is C22H24F3N5O. The van der Waals surface area contributed by atoms with Crippen molar-refractivity contribution in [2.45, 2.75) is 19.4 Å². The van der Waals surface area contributed by atoms with Gasteiger partial charge in [0.1, 0.15) is 11.6 Å². The smallest absolute Gasteiger partial charge is 0.320 e. The summed E-state index contributed by atoms with van der Waals surface area (Å²) in [5.74, 6) is -0.443. The number of hydrogen-bond acceptors (Lipinski definition) is 3. The number of carbonyl (C=O) groups is 1. The van der Waals surface area contributed by atoms with Gasteiger partial charge in [0.15, 0.2) is 0 Å². The van der Waals surface area contributed by atoms with Crippen LogP contribution in [0, 0.1) is 5.82 Å². The molecule has 2 aromatic carbocycles. The third kappa shape index (κ3) is 4.30. The molecule has 1 aromatic heterocycles. The van der Waals surface area contributed by atoms with E-state index < -0.39 is 12.5 Å². The van der Waals surface area contributed by atoms with E-state index in [4.69, 9.17) is 0 Å². The summed E-state index contributed by atoms with van der Waals surface area (Å²) in [5.41, 5.74) is 1.40. The van der Waals surface area contributed by atoms with Crippen LogP contribution >= 0.6 is 0 Å². The highest BCUT2D eigenvalue weighted by Crippen LogP contribution is 2.27. The number of alkyl halides is 2. The molecule has 0 aliphatic carbocycles. The van der Waals surface area contributed by atoms with Gasteiger partial charge in [-0.05, 0) is 24.3 Å². The van der Waals surface area contributed by atoms with Crippen LogP contribution in [0.15, 0.2) is 48.5 Å². The third-order valence-corrected chi connectivity index (χ3v) is 5.58. The molecule has 1 aliphatic rings. The zero-order chi connectivity index (χ0) is 22.0. The van der Waals surface area contributed by atoms with Crippen LogP contribution in [0.4, 0.5) is 23.7 Å². The molecule has 1 atom stereocenters. The number of piperazine rings is 1. The van der Waals surface area contributed by atoms with Gasteiger partial charge in [-0.1, -0.05) is 31.2 Å². The molecule has 2 amide bonds. The SMILES string of the molecule is CC(CNC(=O)N1CCN(c2ccccc2F)CC1)c1nc2ccccc2n1C(F)F. The molecule has 0 saturated carbocycles. The average Bonchev–Trinajstić information content (AvgIpc) is 3.18. The molecule has 4 rings (SSSR count). The van der Waals surface area contributed by atoms with Gasteiger partial charge < -0.3 is 15.1 Å². The number of benzene rings is 2. The fourth-order valence-corrected chi connectivity index (χ4v) is 3.92. The van der Waals surface area contributed by atoms with Gasteiger partial charge in [0.2, 0.25) is 0 Å². The van der Waals surface area contributed by atoms with Crippen molar-refractivity contribution in [1.82, 2.24) is 19.8 Å². The molecule has 1 aliphatic heterocycles. The number of rotatable bonds is 5. The number of aromatic nitrogens is 2. The van der Waals surface area contributed by atoms with Gasteiger partial charge in [-0.3, -0.25) is 4.57 Å². The maximum absolute atomic E-state index is 14.0.